The molecule has 1 fully saturated rings. The third-order valence-corrected chi connectivity index (χ3v) is 2.20. The van der Waals surface area contributed by atoms with Crippen molar-refractivity contribution in [1.29, 1.82) is 5.26 Å². The zero-order chi connectivity index (χ0) is 8.39. The highest BCUT2D eigenvalue weighted by molar-refractivity contribution is 5.85. The van der Waals surface area contributed by atoms with Gasteiger partial charge < -0.3 is 5.32 Å². The predicted molar refractivity (Wildman–Crippen MR) is 50.5 cm³/mol. The minimum atomic E-state index is -0.0961. The number of nitrogens with zero attached hydrogens (tertiary/aromatic N) is 3. The Morgan fingerprint density at radius 3 is 2.77 bits per heavy atom. The number of nitriles is 1. The van der Waals surface area contributed by atoms with Crippen LogP contribution in [-0.2, 0) is 0 Å². The Kier molecular flexibility index (Phi) is 3.29. The van der Waals surface area contributed by atoms with Crippen LogP contribution in [0.25, 0.3) is 0 Å². The van der Waals surface area contributed by atoms with Crippen molar-refractivity contribution in [3.8, 4) is 6.07 Å². The first-order chi connectivity index (χ1) is 5.92. The Morgan fingerprint density at radius 1 is 1.62 bits per heavy atom. The third-order valence-electron chi connectivity index (χ3n) is 2.20. The maximum atomic E-state index is 8.89. The standard InChI is InChI=1S/C8H10N4.ClH/c9-4-8(7-5-10-6-7)12-3-1-2-11-12;/h1-3,7-8,10H,5-6H2;1H. The van der Waals surface area contributed by atoms with Gasteiger partial charge in [0.05, 0.1) is 6.07 Å². The van der Waals surface area contributed by atoms with Gasteiger partial charge in [-0.3, -0.25) is 4.68 Å². The molecule has 13 heavy (non-hydrogen) atoms. The monoisotopic (exact) mass is 198 g/mol. The summed E-state index contributed by atoms with van der Waals surface area (Å²) in [7, 11) is 0. The van der Waals surface area contributed by atoms with Crippen LogP contribution in [0.1, 0.15) is 6.04 Å². The van der Waals surface area contributed by atoms with Gasteiger partial charge in [0.15, 0.2) is 0 Å². The van der Waals surface area contributed by atoms with Crippen molar-refractivity contribution < 1.29 is 0 Å². The molecule has 1 saturated heterocycles. The molecule has 4 nitrogen and oxygen atoms in total. The number of aromatic nitrogens is 2. The molecule has 0 spiro atoms. The van der Waals surface area contributed by atoms with Gasteiger partial charge >= 0.3 is 0 Å². The van der Waals surface area contributed by atoms with Gasteiger partial charge in [-0.1, -0.05) is 0 Å². The molecule has 0 saturated carbocycles. The highest BCUT2D eigenvalue weighted by atomic mass is 35.5. The molecule has 0 radical (unpaired) electrons. The summed E-state index contributed by atoms with van der Waals surface area (Å²) in [5.74, 6) is 0.426. The number of rotatable bonds is 2. The predicted octanol–water partition coefficient (Wildman–Crippen LogP) is 0.589. The maximum Gasteiger partial charge on any atom is 0.143 e. The van der Waals surface area contributed by atoms with E-state index in [1.54, 1.807) is 10.9 Å². The van der Waals surface area contributed by atoms with Gasteiger partial charge in [-0.05, 0) is 6.07 Å². The molecule has 1 aromatic heterocycles. The fourth-order valence-corrected chi connectivity index (χ4v) is 1.36. The quantitative estimate of drug-likeness (QED) is 0.757. The van der Waals surface area contributed by atoms with E-state index in [2.05, 4.69) is 16.5 Å². The van der Waals surface area contributed by atoms with Crippen LogP contribution in [0.15, 0.2) is 18.5 Å². The van der Waals surface area contributed by atoms with Crippen molar-refractivity contribution in [3.63, 3.8) is 0 Å². The molecule has 1 N–H and O–H groups in total. The van der Waals surface area contributed by atoms with Crippen LogP contribution in [0.5, 0.6) is 0 Å². The Hall–Kier alpha value is -1.05. The van der Waals surface area contributed by atoms with Gasteiger partial charge in [0, 0.05) is 31.4 Å². The van der Waals surface area contributed by atoms with Crippen LogP contribution in [-0.4, -0.2) is 22.9 Å². The molecule has 1 aliphatic rings. The molecule has 1 atom stereocenters. The third kappa shape index (κ3) is 1.82. The smallest absolute Gasteiger partial charge is 0.143 e. The highest BCUT2D eigenvalue weighted by Gasteiger charge is 2.28. The van der Waals surface area contributed by atoms with Gasteiger partial charge in [0.1, 0.15) is 6.04 Å². The molecule has 0 bridgehead atoms. The lowest BCUT2D eigenvalue weighted by Crippen LogP contribution is -2.46. The van der Waals surface area contributed by atoms with Gasteiger partial charge in [-0.2, -0.15) is 10.4 Å². The van der Waals surface area contributed by atoms with Crippen molar-refractivity contribution in [3.05, 3.63) is 18.5 Å². The topological polar surface area (TPSA) is 53.6 Å². The van der Waals surface area contributed by atoms with Crippen LogP contribution in [0.2, 0.25) is 0 Å². The number of halogens is 1. The molecular weight excluding hydrogens is 188 g/mol. The van der Waals surface area contributed by atoms with E-state index in [1.165, 1.54) is 0 Å². The summed E-state index contributed by atoms with van der Waals surface area (Å²) in [6, 6.07) is 4.01. The summed E-state index contributed by atoms with van der Waals surface area (Å²) in [6.45, 7) is 1.86. The molecular formula is C8H11ClN4. The van der Waals surface area contributed by atoms with Crippen molar-refractivity contribution in [1.82, 2.24) is 15.1 Å². The lowest BCUT2D eigenvalue weighted by atomic mass is 9.95. The molecule has 2 rings (SSSR count). The molecule has 0 aromatic carbocycles. The second-order valence-corrected chi connectivity index (χ2v) is 2.98. The lowest BCUT2D eigenvalue weighted by Gasteiger charge is -2.30. The van der Waals surface area contributed by atoms with Gasteiger partial charge in [0.25, 0.3) is 0 Å². The van der Waals surface area contributed by atoms with E-state index >= 15 is 0 Å². The summed E-state index contributed by atoms with van der Waals surface area (Å²) in [6.07, 6.45) is 3.54. The number of hydrogen-bond acceptors (Lipinski definition) is 3. The molecule has 70 valence electrons. The van der Waals surface area contributed by atoms with Gasteiger partial charge in [0.2, 0.25) is 0 Å². The Balaban J connectivity index is 0.000000845. The van der Waals surface area contributed by atoms with Crippen molar-refractivity contribution in [2.75, 3.05) is 13.1 Å². The van der Waals surface area contributed by atoms with E-state index in [4.69, 9.17) is 5.26 Å². The first-order valence-corrected chi connectivity index (χ1v) is 4.01. The molecule has 1 unspecified atom stereocenters. The summed E-state index contributed by atoms with van der Waals surface area (Å²) in [5, 5.41) is 16.1. The average Bonchev–Trinajstić information content (AvgIpc) is 2.47. The number of nitrogens with one attached hydrogen (secondary N) is 1. The van der Waals surface area contributed by atoms with Crippen LogP contribution < -0.4 is 5.32 Å². The molecule has 0 amide bonds. The van der Waals surface area contributed by atoms with E-state index < -0.39 is 0 Å². The summed E-state index contributed by atoms with van der Waals surface area (Å²) >= 11 is 0. The molecule has 1 aromatic rings. The normalized spacial score (nSPS) is 18.1. The van der Waals surface area contributed by atoms with Crippen molar-refractivity contribution >= 4 is 12.4 Å². The van der Waals surface area contributed by atoms with E-state index in [1.807, 2.05) is 12.3 Å². The summed E-state index contributed by atoms with van der Waals surface area (Å²) < 4.78 is 1.73. The van der Waals surface area contributed by atoms with Crippen molar-refractivity contribution in [2.24, 2.45) is 5.92 Å². The lowest BCUT2D eigenvalue weighted by molar-refractivity contribution is 0.264. The minimum Gasteiger partial charge on any atom is -0.316 e. The van der Waals surface area contributed by atoms with E-state index in [-0.39, 0.29) is 18.4 Å². The Labute approximate surface area is 83.0 Å². The van der Waals surface area contributed by atoms with Crippen LogP contribution in [0, 0.1) is 17.2 Å². The second-order valence-electron chi connectivity index (χ2n) is 2.98. The molecule has 0 aliphatic carbocycles. The van der Waals surface area contributed by atoms with Gasteiger partial charge in [-0.25, -0.2) is 0 Å². The molecule has 1 aliphatic heterocycles. The van der Waals surface area contributed by atoms with Crippen LogP contribution in [0.3, 0.4) is 0 Å². The Bertz CT molecular complexity index is 286. The van der Waals surface area contributed by atoms with Gasteiger partial charge in [-0.15, -0.1) is 12.4 Å². The fourth-order valence-electron chi connectivity index (χ4n) is 1.36. The number of hydrogen-bond donors (Lipinski definition) is 1. The van der Waals surface area contributed by atoms with Crippen LogP contribution >= 0.6 is 12.4 Å². The largest absolute Gasteiger partial charge is 0.316 e. The first-order valence-electron chi connectivity index (χ1n) is 4.01. The van der Waals surface area contributed by atoms with E-state index in [0.29, 0.717) is 5.92 Å². The van der Waals surface area contributed by atoms with Crippen molar-refractivity contribution in [2.45, 2.75) is 6.04 Å². The molecule has 5 heteroatoms. The summed E-state index contributed by atoms with van der Waals surface area (Å²) in [5.41, 5.74) is 0. The minimum absolute atomic E-state index is 0. The second kappa shape index (κ2) is 4.26. The molecule has 2 heterocycles. The fraction of sp³-hybridized carbons (Fsp3) is 0.500. The summed E-state index contributed by atoms with van der Waals surface area (Å²) in [4.78, 5) is 0. The van der Waals surface area contributed by atoms with Crippen LogP contribution in [0.4, 0.5) is 0 Å². The Morgan fingerprint density at radius 2 is 2.38 bits per heavy atom. The van der Waals surface area contributed by atoms with E-state index in [0.717, 1.165) is 13.1 Å². The maximum absolute atomic E-state index is 8.89. The highest BCUT2D eigenvalue weighted by Crippen LogP contribution is 2.19. The SMILES string of the molecule is Cl.N#CC(C1CNC1)n1cccn1. The zero-order valence-electron chi connectivity index (χ0n) is 7.05. The average molecular weight is 199 g/mol. The first kappa shape index (κ1) is 10.0. The van der Waals surface area contributed by atoms with E-state index in [9.17, 15) is 0 Å². The zero-order valence-corrected chi connectivity index (χ0v) is 7.87.